The molecule has 5 rings (SSSR count). The van der Waals surface area contributed by atoms with E-state index >= 15 is 0 Å². The number of nitrogens with one attached hydrogen (secondary N) is 1. The van der Waals surface area contributed by atoms with Crippen molar-refractivity contribution >= 4 is 45.0 Å². The van der Waals surface area contributed by atoms with Crippen LogP contribution in [0.4, 0.5) is 16.3 Å². The number of urea groups is 1. The molecule has 3 aromatic heterocycles. The maximum Gasteiger partial charge on any atom is 0.331 e. The number of fused-ring (bicyclic) bond motifs is 1. The summed E-state index contributed by atoms with van der Waals surface area (Å²) in [5.74, 6) is 1.06. The fraction of sp³-hybridized carbons (Fsp3) is 0.364. The molecule has 3 aromatic rings. The van der Waals surface area contributed by atoms with Crippen molar-refractivity contribution in [1.82, 2.24) is 19.3 Å². The summed E-state index contributed by atoms with van der Waals surface area (Å²) in [6.07, 6.45) is 6.36. The van der Waals surface area contributed by atoms with Gasteiger partial charge in [-0.05, 0) is 56.4 Å². The lowest BCUT2D eigenvalue weighted by molar-refractivity contribution is -0.123. The highest BCUT2D eigenvalue weighted by atomic mass is 79.9. The number of amides is 3. The number of pyridine rings is 2. The van der Waals surface area contributed by atoms with E-state index in [0.717, 1.165) is 39.4 Å². The summed E-state index contributed by atoms with van der Waals surface area (Å²) >= 11 is 3.51. The summed E-state index contributed by atoms with van der Waals surface area (Å²) in [6, 6.07) is 5.49. The Bertz CT molecular complexity index is 1200. The van der Waals surface area contributed by atoms with Crippen LogP contribution < -0.4 is 10.2 Å². The second-order valence-electron chi connectivity index (χ2n) is 8.33. The Morgan fingerprint density at radius 1 is 1.16 bits per heavy atom. The Hall–Kier alpha value is -2.94. The molecule has 1 atom stereocenters. The van der Waals surface area contributed by atoms with Gasteiger partial charge in [-0.25, -0.2) is 14.8 Å². The van der Waals surface area contributed by atoms with Gasteiger partial charge in [-0.1, -0.05) is 15.9 Å². The smallest absolute Gasteiger partial charge is 0.331 e. The lowest BCUT2D eigenvalue weighted by Crippen LogP contribution is -2.30. The van der Waals surface area contributed by atoms with Gasteiger partial charge in [0.2, 0.25) is 5.91 Å². The first kappa shape index (κ1) is 20.0. The van der Waals surface area contributed by atoms with Gasteiger partial charge in [0.15, 0.2) is 5.65 Å². The second-order valence-corrected chi connectivity index (χ2v) is 9.24. The maximum atomic E-state index is 12.7. The summed E-state index contributed by atoms with van der Waals surface area (Å²) in [5, 5.41) is 3.40. The standard InChI is InChI=1S/C22H23BrN6O2/c1-12-6-16(23)8-19(24-12)25-13(2)17-10-28-9-15(14-4-5-14)7-18(21(28)26-17)29-11-20(30)27(3)22(29)31/h6-10,13-14H,4-5,11H2,1-3H3,(H,24,25)/t13-/m1/s1. The van der Waals surface area contributed by atoms with Gasteiger partial charge >= 0.3 is 6.03 Å². The molecule has 1 aliphatic heterocycles. The van der Waals surface area contributed by atoms with Gasteiger partial charge in [-0.2, -0.15) is 0 Å². The SMILES string of the molecule is Cc1cc(Br)cc(N[C@H](C)c2cn3cc(C4CC4)cc(N4CC(=O)N(C)C4=O)c3n2)n1. The van der Waals surface area contributed by atoms with E-state index in [0.29, 0.717) is 17.3 Å². The number of carbonyl (C=O) groups excluding carboxylic acids is 2. The molecule has 160 valence electrons. The first-order chi connectivity index (χ1) is 14.8. The molecule has 0 bridgehead atoms. The van der Waals surface area contributed by atoms with E-state index in [1.807, 2.05) is 42.6 Å². The number of halogens is 1. The molecule has 0 unspecified atom stereocenters. The number of hydrogen-bond donors (Lipinski definition) is 1. The largest absolute Gasteiger partial charge is 0.362 e. The van der Waals surface area contributed by atoms with Gasteiger partial charge in [0.05, 0.1) is 17.4 Å². The van der Waals surface area contributed by atoms with Crippen LogP contribution >= 0.6 is 15.9 Å². The minimum absolute atomic E-state index is 0.0380. The number of rotatable bonds is 5. The van der Waals surface area contributed by atoms with Crippen LogP contribution in [0.5, 0.6) is 0 Å². The van der Waals surface area contributed by atoms with Crippen LogP contribution in [0.2, 0.25) is 0 Å². The summed E-state index contributed by atoms with van der Waals surface area (Å²) in [4.78, 5) is 36.9. The average molecular weight is 483 g/mol. The van der Waals surface area contributed by atoms with E-state index in [1.165, 1.54) is 17.5 Å². The third kappa shape index (κ3) is 3.67. The lowest BCUT2D eigenvalue weighted by Gasteiger charge is -2.17. The zero-order valence-electron chi connectivity index (χ0n) is 17.6. The highest BCUT2D eigenvalue weighted by Gasteiger charge is 2.36. The normalized spacial score (nSPS) is 17.7. The summed E-state index contributed by atoms with van der Waals surface area (Å²) in [6.45, 7) is 4.01. The summed E-state index contributed by atoms with van der Waals surface area (Å²) in [5.41, 5.74) is 4.27. The molecule has 1 aliphatic carbocycles. The van der Waals surface area contributed by atoms with E-state index in [-0.39, 0.29) is 24.5 Å². The molecule has 1 saturated carbocycles. The molecule has 1 N–H and O–H groups in total. The number of imide groups is 1. The topological polar surface area (TPSA) is 82.8 Å². The summed E-state index contributed by atoms with van der Waals surface area (Å²) < 4.78 is 2.94. The van der Waals surface area contributed by atoms with Crippen LogP contribution in [0.25, 0.3) is 5.65 Å². The first-order valence-electron chi connectivity index (χ1n) is 10.3. The third-order valence-corrected chi connectivity index (χ3v) is 6.28. The molecule has 2 fully saturated rings. The van der Waals surface area contributed by atoms with Crippen molar-refractivity contribution in [3.8, 4) is 0 Å². The Labute approximate surface area is 188 Å². The molecule has 3 amide bonds. The highest BCUT2D eigenvalue weighted by Crippen LogP contribution is 2.42. The van der Waals surface area contributed by atoms with E-state index in [9.17, 15) is 9.59 Å². The zero-order chi connectivity index (χ0) is 21.9. The number of aromatic nitrogens is 3. The minimum Gasteiger partial charge on any atom is -0.362 e. The molecule has 31 heavy (non-hydrogen) atoms. The predicted octanol–water partition coefficient (Wildman–Crippen LogP) is 4.25. The van der Waals surface area contributed by atoms with Crippen molar-refractivity contribution in [1.29, 1.82) is 0 Å². The van der Waals surface area contributed by atoms with E-state index in [2.05, 4.69) is 32.4 Å². The quantitative estimate of drug-likeness (QED) is 0.549. The van der Waals surface area contributed by atoms with Gasteiger partial charge in [-0.15, -0.1) is 0 Å². The molecule has 1 saturated heterocycles. The fourth-order valence-electron chi connectivity index (χ4n) is 3.95. The summed E-state index contributed by atoms with van der Waals surface area (Å²) in [7, 11) is 1.52. The van der Waals surface area contributed by atoms with Crippen LogP contribution in [0, 0.1) is 6.92 Å². The second kappa shape index (κ2) is 7.33. The van der Waals surface area contributed by atoms with Crippen LogP contribution in [0.15, 0.2) is 35.1 Å². The van der Waals surface area contributed by atoms with Crippen LogP contribution in [-0.4, -0.2) is 44.8 Å². The van der Waals surface area contributed by atoms with Crippen LogP contribution in [0.1, 0.15) is 48.7 Å². The number of carbonyl (C=O) groups is 2. The van der Waals surface area contributed by atoms with Gasteiger partial charge < -0.3 is 9.72 Å². The van der Waals surface area contributed by atoms with Crippen molar-refractivity contribution in [2.45, 2.75) is 38.6 Å². The number of anilines is 2. The van der Waals surface area contributed by atoms with Crippen molar-refractivity contribution in [2.75, 3.05) is 23.8 Å². The molecule has 8 nitrogen and oxygen atoms in total. The Morgan fingerprint density at radius 2 is 1.94 bits per heavy atom. The number of likely N-dealkylation sites (N-methyl/N-ethyl adjacent to an activating group) is 1. The van der Waals surface area contributed by atoms with Gasteiger partial charge in [0.25, 0.3) is 0 Å². The molecular formula is C22H23BrN6O2. The van der Waals surface area contributed by atoms with Gasteiger partial charge in [0.1, 0.15) is 12.4 Å². The molecular weight excluding hydrogens is 460 g/mol. The maximum absolute atomic E-state index is 12.7. The monoisotopic (exact) mass is 482 g/mol. The number of aryl methyl sites for hydroxylation is 1. The van der Waals surface area contributed by atoms with Crippen LogP contribution in [-0.2, 0) is 4.79 Å². The Kier molecular flexibility index (Phi) is 4.73. The Morgan fingerprint density at radius 3 is 2.58 bits per heavy atom. The lowest BCUT2D eigenvalue weighted by atomic mass is 10.1. The average Bonchev–Trinajstić information content (AvgIpc) is 3.42. The van der Waals surface area contributed by atoms with E-state index < -0.39 is 0 Å². The van der Waals surface area contributed by atoms with Gasteiger partial charge in [0, 0.05) is 29.6 Å². The third-order valence-electron chi connectivity index (χ3n) is 5.82. The van der Waals surface area contributed by atoms with Crippen molar-refractivity contribution in [3.63, 3.8) is 0 Å². The van der Waals surface area contributed by atoms with E-state index in [1.54, 1.807) is 0 Å². The van der Waals surface area contributed by atoms with Gasteiger partial charge in [-0.3, -0.25) is 14.6 Å². The molecule has 0 radical (unpaired) electrons. The van der Waals surface area contributed by atoms with Crippen molar-refractivity contribution in [3.05, 3.63) is 52.0 Å². The highest BCUT2D eigenvalue weighted by molar-refractivity contribution is 9.10. The number of imidazole rings is 1. The van der Waals surface area contributed by atoms with Crippen molar-refractivity contribution in [2.24, 2.45) is 0 Å². The molecule has 0 aromatic carbocycles. The van der Waals surface area contributed by atoms with Crippen LogP contribution in [0.3, 0.4) is 0 Å². The molecule has 2 aliphatic rings. The molecule has 9 heteroatoms. The fourth-order valence-corrected chi connectivity index (χ4v) is 4.50. The molecule has 4 heterocycles. The Balaban J connectivity index is 1.54. The number of hydrogen-bond acceptors (Lipinski definition) is 5. The number of nitrogens with zero attached hydrogens (tertiary/aromatic N) is 5. The predicted molar refractivity (Wildman–Crippen MR) is 121 cm³/mol. The zero-order valence-corrected chi connectivity index (χ0v) is 19.2. The molecule has 0 spiro atoms. The minimum atomic E-state index is -0.315. The van der Waals surface area contributed by atoms with Crippen molar-refractivity contribution < 1.29 is 9.59 Å². The van der Waals surface area contributed by atoms with E-state index in [4.69, 9.17) is 4.98 Å². The first-order valence-corrected chi connectivity index (χ1v) is 11.1.